The number of halogens is 2. The molecule has 1 aromatic rings. The quantitative estimate of drug-likeness (QED) is 0.750. The van der Waals surface area contributed by atoms with E-state index in [0.717, 1.165) is 63.2 Å². The van der Waals surface area contributed by atoms with E-state index in [1.165, 1.54) is 32.4 Å². The summed E-state index contributed by atoms with van der Waals surface area (Å²) in [7, 11) is 0. The number of hydrogen-bond acceptors (Lipinski definition) is 5. The van der Waals surface area contributed by atoms with E-state index in [1.807, 2.05) is 17.9 Å². The molecule has 30 heavy (non-hydrogen) atoms. The number of piperidine rings is 3. The van der Waals surface area contributed by atoms with Crippen LogP contribution in [0.25, 0.3) is 0 Å². The van der Waals surface area contributed by atoms with Crippen LogP contribution in [0.1, 0.15) is 72.5 Å². The van der Waals surface area contributed by atoms with Crippen LogP contribution in [0.15, 0.2) is 15.3 Å². The van der Waals surface area contributed by atoms with Crippen LogP contribution in [0, 0.1) is 6.92 Å². The zero-order valence-electron chi connectivity index (χ0n) is 17.9. The SMILES string of the molecule is Cc1cc(C2CCCNC2)oc(=O)c1C(=O)N1CCC(N2CCCCC2)CC1.Cl.Cl. The van der Waals surface area contributed by atoms with Gasteiger partial charge in [0.05, 0.1) is 0 Å². The zero-order chi connectivity index (χ0) is 19.5. The predicted molar refractivity (Wildman–Crippen MR) is 123 cm³/mol. The topological polar surface area (TPSA) is 65.8 Å². The van der Waals surface area contributed by atoms with Gasteiger partial charge < -0.3 is 19.5 Å². The molecule has 0 bridgehead atoms. The van der Waals surface area contributed by atoms with Crippen molar-refractivity contribution in [2.24, 2.45) is 0 Å². The molecular formula is C22H35Cl2N3O3. The molecule has 4 rings (SSSR count). The first kappa shape index (κ1) is 25.2. The van der Waals surface area contributed by atoms with E-state index < -0.39 is 5.63 Å². The van der Waals surface area contributed by atoms with Gasteiger partial charge in [-0.3, -0.25) is 4.79 Å². The fraction of sp³-hybridized carbons (Fsp3) is 0.727. The number of hydrogen-bond donors (Lipinski definition) is 1. The minimum absolute atomic E-state index is 0. The van der Waals surface area contributed by atoms with E-state index in [4.69, 9.17) is 4.42 Å². The largest absolute Gasteiger partial charge is 0.427 e. The van der Waals surface area contributed by atoms with Gasteiger partial charge >= 0.3 is 5.63 Å². The minimum atomic E-state index is -0.469. The summed E-state index contributed by atoms with van der Waals surface area (Å²) in [6.45, 7) is 7.56. The van der Waals surface area contributed by atoms with Gasteiger partial charge in [0.15, 0.2) is 0 Å². The summed E-state index contributed by atoms with van der Waals surface area (Å²) >= 11 is 0. The van der Waals surface area contributed by atoms with Crippen molar-refractivity contribution >= 4 is 30.7 Å². The number of nitrogens with zero attached hydrogens (tertiary/aromatic N) is 2. The Morgan fingerprint density at radius 3 is 2.33 bits per heavy atom. The molecule has 0 aromatic carbocycles. The lowest BCUT2D eigenvalue weighted by molar-refractivity contribution is 0.0585. The van der Waals surface area contributed by atoms with Crippen LogP contribution < -0.4 is 10.9 Å². The number of nitrogens with one attached hydrogen (secondary N) is 1. The third-order valence-corrected chi connectivity index (χ3v) is 6.74. The smallest absolute Gasteiger partial charge is 0.349 e. The molecule has 0 radical (unpaired) electrons. The van der Waals surface area contributed by atoms with Crippen LogP contribution in [0.5, 0.6) is 0 Å². The van der Waals surface area contributed by atoms with E-state index in [-0.39, 0.29) is 42.2 Å². The van der Waals surface area contributed by atoms with Crippen molar-refractivity contribution in [2.45, 2.75) is 63.8 Å². The summed E-state index contributed by atoms with van der Waals surface area (Å²) in [5.74, 6) is 0.788. The molecule has 4 heterocycles. The Balaban J connectivity index is 0.00000160. The number of aryl methyl sites for hydroxylation is 1. The van der Waals surface area contributed by atoms with Gasteiger partial charge in [0.1, 0.15) is 11.3 Å². The van der Waals surface area contributed by atoms with E-state index in [9.17, 15) is 9.59 Å². The standard InChI is InChI=1S/C22H33N3O3.2ClH/c1-16-14-19(17-6-5-9-23-15-17)28-22(27)20(16)21(26)25-12-7-18(8-13-25)24-10-3-2-4-11-24;;/h14,17-18,23H,2-13,15H2,1H3;2*1H. The van der Waals surface area contributed by atoms with Crippen LogP contribution in [0.2, 0.25) is 0 Å². The molecule has 170 valence electrons. The molecule has 8 heteroatoms. The predicted octanol–water partition coefficient (Wildman–Crippen LogP) is 3.35. The van der Waals surface area contributed by atoms with E-state index >= 15 is 0 Å². The maximum atomic E-state index is 13.1. The molecule has 0 saturated carbocycles. The fourth-order valence-corrected chi connectivity index (χ4v) is 5.06. The average Bonchev–Trinajstić information content (AvgIpc) is 2.74. The van der Waals surface area contributed by atoms with Gasteiger partial charge in [-0.2, -0.15) is 0 Å². The van der Waals surface area contributed by atoms with Crippen molar-refractivity contribution in [1.29, 1.82) is 0 Å². The van der Waals surface area contributed by atoms with Crippen LogP contribution in [0.3, 0.4) is 0 Å². The van der Waals surface area contributed by atoms with Crippen LogP contribution in [-0.2, 0) is 0 Å². The second kappa shape index (κ2) is 11.5. The van der Waals surface area contributed by atoms with Gasteiger partial charge in [-0.1, -0.05) is 6.42 Å². The van der Waals surface area contributed by atoms with Crippen molar-refractivity contribution in [3.63, 3.8) is 0 Å². The second-order valence-corrected chi connectivity index (χ2v) is 8.66. The second-order valence-electron chi connectivity index (χ2n) is 8.66. The van der Waals surface area contributed by atoms with E-state index in [1.54, 1.807) is 0 Å². The van der Waals surface area contributed by atoms with E-state index in [2.05, 4.69) is 10.2 Å². The third kappa shape index (κ3) is 5.58. The van der Waals surface area contributed by atoms with Crippen molar-refractivity contribution in [2.75, 3.05) is 39.3 Å². The van der Waals surface area contributed by atoms with Gasteiger partial charge in [0.2, 0.25) is 0 Å². The number of amides is 1. The third-order valence-electron chi connectivity index (χ3n) is 6.74. The molecule has 3 aliphatic rings. The minimum Gasteiger partial charge on any atom is -0.427 e. The Morgan fingerprint density at radius 1 is 1.03 bits per heavy atom. The molecule has 1 amide bonds. The summed E-state index contributed by atoms with van der Waals surface area (Å²) in [4.78, 5) is 30.2. The van der Waals surface area contributed by atoms with E-state index in [0.29, 0.717) is 6.04 Å². The molecule has 3 saturated heterocycles. The van der Waals surface area contributed by atoms with Gasteiger partial charge in [-0.25, -0.2) is 4.79 Å². The summed E-state index contributed by atoms with van der Waals surface area (Å²) in [5.41, 5.74) is 0.507. The summed E-state index contributed by atoms with van der Waals surface area (Å²) in [5, 5.41) is 3.35. The Kier molecular flexibility index (Phi) is 9.67. The molecule has 3 fully saturated rings. The highest BCUT2D eigenvalue weighted by Crippen LogP contribution is 2.25. The molecule has 1 atom stereocenters. The first-order valence-electron chi connectivity index (χ1n) is 11.0. The lowest BCUT2D eigenvalue weighted by Gasteiger charge is -2.40. The molecule has 3 aliphatic heterocycles. The van der Waals surface area contributed by atoms with Gasteiger partial charge in [-0.05, 0) is 76.7 Å². The zero-order valence-corrected chi connectivity index (χ0v) is 19.5. The number of carbonyl (C=O) groups excluding carboxylic acids is 1. The molecule has 1 N–H and O–H groups in total. The molecular weight excluding hydrogens is 425 g/mol. The summed E-state index contributed by atoms with van der Waals surface area (Å²) < 4.78 is 5.61. The Bertz CT molecular complexity index is 750. The van der Waals surface area contributed by atoms with Crippen LogP contribution in [0.4, 0.5) is 0 Å². The Hall–Kier alpha value is -1.08. The van der Waals surface area contributed by atoms with Crippen LogP contribution >= 0.6 is 24.8 Å². The van der Waals surface area contributed by atoms with Gasteiger partial charge in [-0.15, -0.1) is 24.8 Å². The van der Waals surface area contributed by atoms with Crippen molar-refractivity contribution in [3.05, 3.63) is 33.4 Å². The first-order chi connectivity index (χ1) is 13.6. The lowest BCUT2D eigenvalue weighted by atomic mass is 9.95. The molecule has 1 unspecified atom stereocenters. The Labute approximate surface area is 191 Å². The number of rotatable bonds is 3. The Morgan fingerprint density at radius 2 is 1.73 bits per heavy atom. The first-order valence-corrected chi connectivity index (χ1v) is 11.0. The average molecular weight is 460 g/mol. The maximum absolute atomic E-state index is 13.1. The lowest BCUT2D eigenvalue weighted by Crippen LogP contribution is -2.48. The summed E-state index contributed by atoms with van der Waals surface area (Å²) in [6.07, 6.45) is 8.04. The highest BCUT2D eigenvalue weighted by molar-refractivity contribution is 5.95. The highest BCUT2D eigenvalue weighted by atomic mass is 35.5. The molecule has 0 aliphatic carbocycles. The number of carbonyl (C=O) groups is 1. The summed E-state index contributed by atoms with van der Waals surface area (Å²) in [6, 6.07) is 2.50. The normalized spacial score (nSPS) is 23.4. The molecule has 0 spiro atoms. The van der Waals surface area contributed by atoms with Gasteiger partial charge in [0.25, 0.3) is 5.91 Å². The monoisotopic (exact) mass is 459 g/mol. The molecule has 6 nitrogen and oxygen atoms in total. The molecule has 1 aromatic heterocycles. The van der Waals surface area contributed by atoms with Crippen molar-refractivity contribution in [3.8, 4) is 0 Å². The van der Waals surface area contributed by atoms with Crippen LogP contribution in [-0.4, -0.2) is 61.0 Å². The maximum Gasteiger partial charge on any atom is 0.349 e. The number of likely N-dealkylation sites (tertiary alicyclic amines) is 2. The van der Waals surface area contributed by atoms with Crippen molar-refractivity contribution in [1.82, 2.24) is 15.1 Å². The fourth-order valence-electron chi connectivity index (χ4n) is 5.06. The highest BCUT2D eigenvalue weighted by Gasteiger charge is 2.30. The van der Waals surface area contributed by atoms with Gasteiger partial charge in [0, 0.05) is 31.6 Å². The van der Waals surface area contributed by atoms with Crippen molar-refractivity contribution < 1.29 is 9.21 Å².